The Morgan fingerprint density at radius 3 is 2.82 bits per heavy atom. The molecule has 0 saturated carbocycles. The first-order valence-corrected chi connectivity index (χ1v) is 7.93. The summed E-state index contributed by atoms with van der Waals surface area (Å²) in [6.07, 6.45) is 1.97. The summed E-state index contributed by atoms with van der Waals surface area (Å²) in [4.78, 5) is 17.3. The molecule has 3 rings (SSSR count). The number of carboxylic acids is 1. The molecule has 0 atom stereocenters. The van der Waals surface area contributed by atoms with Crippen molar-refractivity contribution in [2.24, 2.45) is 0 Å². The smallest absolute Gasteiger partial charge is 0.336 e. The molecule has 1 aromatic heterocycles. The van der Waals surface area contributed by atoms with Crippen LogP contribution in [-0.4, -0.2) is 53.7 Å². The van der Waals surface area contributed by atoms with Crippen molar-refractivity contribution in [1.82, 2.24) is 15.2 Å². The molecule has 22 heavy (non-hydrogen) atoms. The normalized spacial score (nSPS) is 16.2. The predicted molar refractivity (Wildman–Crippen MR) is 87.6 cm³/mol. The van der Waals surface area contributed by atoms with E-state index < -0.39 is 5.97 Å². The molecule has 0 amide bonds. The first-order chi connectivity index (χ1) is 10.7. The fourth-order valence-corrected chi connectivity index (χ4v) is 3.35. The molecule has 5 heteroatoms. The lowest BCUT2D eigenvalue weighted by Crippen LogP contribution is -2.43. The van der Waals surface area contributed by atoms with Crippen LogP contribution in [0.1, 0.15) is 28.0 Å². The third kappa shape index (κ3) is 3.00. The largest absolute Gasteiger partial charge is 0.478 e. The SMILES string of the molecule is Cc1[nH]c2cccc(C(=O)O)c2c1CCCN1CCNCC1. The molecule has 0 spiro atoms. The number of hydrogen-bond acceptors (Lipinski definition) is 3. The number of benzene rings is 1. The minimum atomic E-state index is -0.854. The molecule has 1 saturated heterocycles. The number of piperazine rings is 1. The van der Waals surface area contributed by atoms with Crippen molar-refractivity contribution in [2.75, 3.05) is 32.7 Å². The van der Waals surface area contributed by atoms with E-state index in [1.165, 1.54) is 0 Å². The van der Waals surface area contributed by atoms with E-state index in [0.717, 1.165) is 67.7 Å². The molecule has 2 aromatic rings. The van der Waals surface area contributed by atoms with Crippen LogP contribution in [0.2, 0.25) is 0 Å². The molecule has 1 aliphatic heterocycles. The number of carbonyl (C=O) groups is 1. The lowest BCUT2D eigenvalue weighted by atomic mass is 10.0. The maximum Gasteiger partial charge on any atom is 0.336 e. The van der Waals surface area contributed by atoms with E-state index in [1.807, 2.05) is 13.0 Å². The quantitative estimate of drug-likeness (QED) is 0.790. The van der Waals surface area contributed by atoms with Crippen molar-refractivity contribution in [1.29, 1.82) is 0 Å². The number of H-pyrrole nitrogens is 1. The van der Waals surface area contributed by atoms with Crippen molar-refractivity contribution in [3.8, 4) is 0 Å². The summed E-state index contributed by atoms with van der Waals surface area (Å²) in [6.45, 7) is 7.44. The van der Waals surface area contributed by atoms with Gasteiger partial charge >= 0.3 is 5.97 Å². The van der Waals surface area contributed by atoms with E-state index in [2.05, 4.69) is 15.2 Å². The van der Waals surface area contributed by atoms with Gasteiger partial charge in [0.1, 0.15) is 0 Å². The number of aromatic nitrogens is 1. The van der Waals surface area contributed by atoms with E-state index in [9.17, 15) is 9.90 Å². The van der Waals surface area contributed by atoms with E-state index in [1.54, 1.807) is 12.1 Å². The van der Waals surface area contributed by atoms with E-state index in [-0.39, 0.29) is 0 Å². The summed E-state index contributed by atoms with van der Waals surface area (Å²) >= 11 is 0. The maximum atomic E-state index is 11.5. The number of carboxylic acid groups (broad SMARTS) is 1. The van der Waals surface area contributed by atoms with E-state index in [4.69, 9.17) is 0 Å². The van der Waals surface area contributed by atoms with Crippen LogP contribution in [0.4, 0.5) is 0 Å². The molecule has 0 bridgehead atoms. The average molecular weight is 301 g/mol. The molecule has 5 nitrogen and oxygen atoms in total. The van der Waals surface area contributed by atoms with Crippen LogP contribution in [-0.2, 0) is 6.42 Å². The monoisotopic (exact) mass is 301 g/mol. The second-order valence-electron chi connectivity index (χ2n) is 5.96. The Bertz CT molecular complexity index is 672. The average Bonchev–Trinajstić information content (AvgIpc) is 2.84. The number of nitrogens with zero attached hydrogens (tertiary/aromatic N) is 1. The van der Waals surface area contributed by atoms with E-state index >= 15 is 0 Å². The number of aromatic carboxylic acids is 1. The number of nitrogens with one attached hydrogen (secondary N) is 2. The van der Waals surface area contributed by atoms with Crippen LogP contribution in [0.3, 0.4) is 0 Å². The lowest BCUT2D eigenvalue weighted by molar-refractivity contribution is 0.0699. The molecule has 1 fully saturated rings. The van der Waals surface area contributed by atoms with Gasteiger partial charge in [-0.15, -0.1) is 0 Å². The molecule has 0 unspecified atom stereocenters. The van der Waals surface area contributed by atoms with Crippen LogP contribution in [0, 0.1) is 6.92 Å². The third-order valence-electron chi connectivity index (χ3n) is 4.48. The van der Waals surface area contributed by atoms with Gasteiger partial charge in [0.05, 0.1) is 5.56 Å². The van der Waals surface area contributed by atoms with Crippen LogP contribution in [0.5, 0.6) is 0 Å². The fourth-order valence-electron chi connectivity index (χ4n) is 3.35. The van der Waals surface area contributed by atoms with Crippen LogP contribution in [0.25, 0.3) is 10.9 Å². The molecular weight excluding hydrogens is 278 g/mol. The van der Waals surface area contributed by atoms with Gasteiger partial charge in [-0.3, -0.25) is 0 Å². The van der Waals surface area contributed by atoms with E-state index in [0.29, 0.717) is 5.56 Å². The Hall–Kier alpha value is -1.85. The van der Waals surface area contributed by atoms with Gasteiger partial charge in [0, 0.05) is 42.8 Å². The van der Waals surface area contributed by atoms with Crippen molar-refractivity contribution in [3.05, 3.63) is 35.0 Å². The summed E-state index contributed by atoms with van der Waals surface area (Å²) in [6, 6.07) is 5.44. The Labute approximate surface area is 130 Å². The Kier molecular flexibility index (Phi) is 4.45. The highest BCUT2D eigenvalue weighted by atomic mass is 16.4. The zero-order chi connectivity index (χ0) is 15.5. The number of fused-ring (bicyclic) bond motifs is 1. The molecule has 118 valence electrons. The zero-order valence-electron chi connectivity index (χ0n) is 13.0. The van der Waals surface area contributed by atoms with Gasteiger partial charge in [0.15, 0.2) is 0 Å². The van der Waals surface area contributed by atoms with Gasteiger partial charge in [0.25, 0.3) is 0 Å². The van der Waals surface area contributed by atoms with Gasteiger partial charge < -0.3 is 20.3 Å². The zero-order valence-corrected chi connectivity index (χ0v) is 13.0. The summed E-state index contributed by atoms with van der Waals surface area (Å²) in [7, 11) is 0. The lowest BCUT2D eigenvalue weighted by Gasteiger charge is -2.27. The van der Waals surface area contributed by atoms with Crippen LogP contribution >= 0.6 is 0 Å². The second-order valence-corrected chi connectivity index (χ2v) is 5.96. The molecule has 3 N–H and O–H groups in total. The Balaban J connectivity index is 1.77. The highest BCUT2D eigenvalue weighted by Crippen LogP contribution is 2.27. The van der Waals surface area contributed by atoms with Crippen molar-refractivity contribution in [2.45, 2.75) is 19.8 Å². The van der Waals surface area contributed by atoms with Crippen LogP contribution in [0.15, 0.2) is 18.2 Å². The highest BCUT2D eigenvalue weighted by molar-refractivity contribution is 6.04. The third-order valence-corrected chi connectivity index (χ3v) is 4.48. The Morgan fingerprint density at radius 2 is 2.09 bits per heavy atom. The molecular formula is C17H23N3O2. The summed E-state index contributed by atoms with van der Waals surface area (Å²) in [5, 5.41) is 13.7. The standard InChI is InChI=1S/C17H23N3O2/c1-12-13(5-3-9-20-10-7-18-8-11-20)16-14(17(21)22)4-2-6-15(16)19-12/h2,4,6,18-19H,3,5,7-11H2,1H3,(H,21,22). The Morgan fingerprint density at radius 1 is 1.32 bits per heavy atom. The first-order valence-electron chi connectivity index (χ1n) is 7.93. The molecule has 1 aromatic carbocycles. The van der Waals surface area contributed by atoms with Gasteiger partial charge in [-0.1, -0.05) is 6.07 Å². The fraction of sp³-hybridized carbons (Fsp3) is 0.471. The number of rotatable bonds is 5. The van der Waals surface area contributed by atoms with Gasteiger partial charge in [-0.05, 0) is 44.0 Å². The highest BCUT2D eigenvalue weighted by Gasteiger charge is 2.16. The molecule has 2 heterocycles. The first kappa shape index (κ1) is 15.1. The summed E-state index contributed by atoms with van der Waals surface area (Å²) in [5.74, 6) is -0.854. The van der Waals surface area contributed by atoms with Gasteiger partial charge in [0.2, 0.25) is 0 Å². The molecule has 0 radical (unpaired) electrons. The number of hydrogen-bond donors (Lipinski definition) is 3. The van der Waals surface area contributed by atoms with Gasteiger partial charge in [-0.25, -0.2) is 4.79 Å². The minimum absolute atomic E-state index is 0.402. The van der Waals surface area contributed by atoms with Crippen molar-refractivity contribution in [3.63, 3.8) is 0 Å². The predicted octanol–water partition coefficient (Wildman–Crippen LogP) is 2.01. The summed E-state index contributed by atoms with van der Waals surface area (Å²) < 4.78 is 0. The number of aromatic amines is 1. The molecule has 1 aliphatic rings. The van der Waals surface area contributed by atoms with Crippen LogP contribution < -0.4 is 5.32 Å². The maximum absolute atomic E-state index is 11.5. The minimum Gasteiger partial charge on any atom is -0.478 e. The molecule has 0 aliphatic carbocycles. The van der Waals surface area contributed by atoms with Crippen molar-refractivity contribution >= 4 is 16.9 Å². The van der Waals surface area contributed by atoms with Crippen molar-refractivity contribution < 1.29 is 9.90 Å². The topological polar surface area (TPSA) is 68.4 Å². The number of aryl methyl sites for hydroxylation is 2. The van der Waals surface area contributed by atoms with Gasteiger partial charge in [-0.2, -0.15) is 0 Å². The summed E-state index contributed by atoms with van der Waals surface area (Å²) in [5.41, 5.74) is 3.57. The second kappa shape index (κ2) is 6.50.